The van der Waals surface area contributed by atoms with E-state index in [2.05, 4.69) is 26.0 Å². The maximum absolute atomic E-state index is 6.18. The summed E-state index contributed by atoms with van der Waals surface area (Å²) in [6, 6.07) is 8.15. The van der Waals surface area contributed by atoms with Crippen LogP contribution in [0, 0.1) is 5.92 Å². The first-order chi connectivity index (χ1) is 8.67. The molecule has 0 aliphatic rings. The van der Waals surface area contributed by atoms with Crippen molar-refractivity contribution in [3.63, 3.8) is 0 Å². The van der Waals surface area contributed by atoms with Gasteiger partial charge in [-0.05, 0) is 36.5 Å². The molecule has 1 aromatic carbocycles. The second-order valence-corrected chi connectivity index (χ2v) is 4.82. The fourth-order valence-corrected chi connectivity index (χ4v) is 1.95. The van der Waals surface area contributed by atoms with Crippen LogP contribution in [0.1, 0.15) is 38.3 Å². The van der Waals surface area contributed by atoms with Crippen molar-refractivity contribution in [3.05, 3.63) is 29.8 Å². The highest BCUT2D eigenvalue weighted by molar-refractivity contribution is 5.29. The van der Waals surface area contributed by atoms with Gasteiger partial charge in [0.15, 0.2) is 0 Å². The Balaban J connectivity index is 2.50. The Bertz CT molecular complexity index is 324. The smallest absolute Gasteiger partial charge is 0.119 e. The number of methoxy groups -OCH3 is 1. The molecule has 0 heterocycles. The fourth-order valence-electron chi connectivity index (χ4n) is 1.95. The van der Waals surface area contributed by atoms with Crippen LogP contribution in [0.4, 0.5) is 0 Å². The summed E-state index contributed by atoms with van der Waals surface area (Å²) in [6.45, 7) is 5.77. The number of ether oxygens (including phenoxy) is 2. The van der Waals surface area contributed by atoms with Crippen LogP contribution in [0.5, 0.6) is 5.75 Å². The molecule has 1 aromatic rings. The molecule has 2 atom stereocenters. The maximum atomic E-state index is 6.18. The maximum Gasteiger partial charge on any atom is 0.119 e. The largest absolute Gasteiger partial charge is 0.494 e. The van der Waals surface area contributed by atoms with Crippen molar-refractivity contribution in [2.24, 2.45) is 11.7 Å². The molecule has 3 heteroatoms. The van der Waals surface area contributed by atoms with Crippen molar-refractivity contribution < 1.29 is 9.47 Å². The topological polar surface area (TPSA) is 44.5 Å². The Morgan fingerprint density at radius 2 is 1.89 bits per heavy atom. The second kappa shape index (κ2) is 8.11. The molecule has 0 spiro atoms. The van der Waals surface area contributed by atoms with Gasteiger partial charge in [-0.15, -0.1) is 0 Å². The summed E-state index contributed by atoms with van der Waals surface area (Å²) in [5.41, 5.74) is 7.33. The van der Waals surface area contributed by atoms with Crippen molar-refractivity contribution in [1.82, 2.24) is 0 Å². The third-order valence-electron chi connectivity index (χ3n) is 2.89. The molecule has 0 radical (unpaired) electrons. The second-order valence-electron chi connectivity index (χ2n) is 4.82. The molecule has 0 amide bonds. The van der Waals surface area contributed by atoms with Gasteiger partial charge in [0.25, 0.3) is 0 Å². The lowest BCUT2D eigenvalue weighted by atomic mass is 9.97. The zero-order chi connectivity index (χ0) is 13.4. The van der Waals surface area contributed by atoms with Crippen LogP contribution in [-0.4, -0.2) is 20.3 Å². The van der Waals surface area contributed by atoms with E-state index in [0.717, 1.165) is 37.4 Å². The third kappa shape index (κ3) is 5.07. The van der Waals surface area contributed by atoms with E-state index in [1.165, 1.54) is 0 Å². The molecular weight excluding hydrogens is 226 g/mol. The van der Waals surface area contributed by atoms with Crippen LogP contribution in [-0.2, 0) is 4.74 Å². The Kier molecular flexibility index (Phi) is 6.76. The lowest BCUT2D eigenvalue weighted by Crippen LogP contribution is -2.16. The number of benzene rings is 1. The zero-order valence-electron chi connectivity index (χ0n) is 11.7. The first-order valence-electron chi connectivity index (χ1n) is 6.64. The molecule has 18 heavy (non-hydrogen) atoms. The predicted octanol–water partition coefficient (Wildman–Crippen LogP) is 3.15. The molecule has 0 saturated heterocycles. The highest BCUT2D eigenvalue weighted by Gasteiger charge is 2.11. The summed E-state index contributed by atoms with van der Waals surface area (Å²) >= 11 is 0. The Hall–Kier alpha value is -1.06. The molecule has 3 nitrogen and oxygen atoms in total. The van der Waals surface area contributed by atoms with Crippen molar-refractivity contribution in [3.8, 4) is 5.75 Å². The minimum Gasteiger partial charge on any atom is -0.494 e. The van der Waals surface area contributed by atoms with Crippen LogP contribution in [0.3, 0.4) is 0 Å². The molecule has 102 valence electrons. The molecule has 0 bridgehead atoms. The quantitative estimate of drug-likeness (QED) is 0.772. The summed E-state index contributed by atoms with van der Waals surface area (Å²) < 4.78 is 10.7. The number of hydrogen-bond donors (Lipinski definition) is 1. The minimum atomic E-state index is 0.0652. The van der Waals surface area contributed by atoms with Gasteiger partial charge in [-0.2, -0.15) is 0 Å². The highest BCUT2D eigenvalue weighted by Crippen LogP contribution is 2.21. The van der Waals surface area contributed by atoms with E-state index < -0.39 is 0 Å². The normalized spacial score (nSPS) is 14.2. The van der Waals surface area contributed by atoms with Crippen LogP contribution in [0.25, 0.3) is 0 Å². The molecule has 0 aliphatic heterocycles. The van der Waals surface area contributed by atoms with Crippen LogP contribution < -0.4 is 10.5 Å². The fraction of sp³-hybridized carbons (Fsp3) is 0.600. The van der Waals surface area contributed by atoms with Crippen molar-refractivity contribution in [1.29, 1.82) is 0 Å². The molecule has 0 aliphatic carbocycles. The van der Waals surface area contributed by atoms with Gasteiger partial charge in [-0.3, -0.25) is 0 Å². The first kappa shape index (κ1) is 15.0. The molecular formula is C15H25NO2. The lowest BCUT2D eigenvalue weighted by molar-refractivity contribution is 0.152. The summed E-state index contributed by atoms with van der Waals surface area (Å²) in [6.07, 6.45) is 1.96. The monoisotopic (exact) mass is 251 g/mol. The van der Waals surface area contributed by atoms with E-state index in [9.17, 15) is 0 Å². The summed E-state index contributed by atoms with van der Waals surface area (Å²) in [4.78, 5) is 0. The summed E-state index contributed by atoms with van der Waals surface area (Å²) in [5.74, 6) is 1.39. The summed E-state index contributed by atoms with van der Waals surface area (Å²) in [7, 11) is 1.72. The van der Waals surface area contributed by atoms with E-state index >= 15 is 0 Å². The third-order valence-corrected chi connectivity index (χ3v) is 2.89. The van der Waals surface area contributed by atoms with Gasteiger partial charge >= 0.3 is 0 Å². The lowest BCUT2D eigenvalue weighted by Gasteiger charge is -2.17. The van der Waals surface area contributed by atoms with E-state index in [-0.39, 0.29) is 6.04 Å². The average Bonchev–Trinajstić information content (AvgIpc) is 2.37. The van der Waals surface area contributed by atoms with Crippen LogP contribution >= 0.6 is 0 Å². The first-order valence-corrected chi connectivity index (χ1v) is 6.64. The van der Waals surface area contributed by atoms with Crippen molar-refractivity contribution >= 4 is 0 Å². The van der Waals surface area contributed by atoms with Crippen LogP contribution in [0.2, 0.25) is 0 Å². The number of hydrogen-bond acceptors (Lipinski definition) is 3. The molecule has 0 aromatic heterocycles. The van der Waals surface area contributed by atoms with Crippen molar-refractivity contribution in [2.45, 2.75) is 32.7 Å². The van der Waals surface area contributed by atoms with E-state index in [1.54, 1.807) is 7.11 Å². The standard InChI is InChI=1S/C15H25NO2/c1-4-9-18-14-7-5-13(6-8-14)15(16)10-12(2)11-17-3/h5-8,12,15H,4,9-11,16H2,1-3H3. The molecule has 2 unspecified atom stereocenters. The molecule has 1 rings (SSSR count). The Morgan fingerprint density at radius 3 is 2.44 bits per heavy atom. The number of nitrogens with two attached hydrogens (primary N) is 1. The van der Waals surface area contributed by atoms with E-state index in [1.807, 2.05) is 12.1 Å². The Morgan fingerprint density at radius 1 is 1.22 bits per heavy atom. The average molecular weight is 251 g/mol. The van der Waals surface area contributed by atoms with Crippen LogP contribution in [0.15, 0.2) is 24.3 Å². The molecule has 0 fully saturated rings. The van der Waals surface area contributed by atoms with Gasteiger partial charge in [0.1, 0.15) is 5.75 Å². The van der Waals surface area contributed by atoms with Gasteiger partial charge in [-0.1, -0.05) is 26.0 Å². The molecule has 0 saturated carbocycles. The SMILES string of the molecule is CCCOc1ccc(C(N)CC(C)COC)cc1. The van der Waals surface area contributed by atoms with Gasteiger partial charge in [0.05, 0.1) is 6.61 Å². The van der Waals surface area contributed by atoms with Gasteiger partial charge < -0.3 is 15.2 Å². The predicted molar refractivity (Wildman–Crippen MR) is 74.8 cm³/mol. The Labute approximate surface area is 110 Å². The highest BCUT2D eigenvalue weighted by atomic mass is 16.5. The van der Waals surface area contributed by atoms with Gasteiger partial charge in [-0.25, -0.2) is 0 Å². The van der Waals surface area contributed by atoms with E-state index in [0.29, 0.717) is 5.92 Å². The van der Waals surface area contributed by atoms with Gasteiger partial charge in [0, 0.05) is 19.8 Å². The van der Waals surface area contributed by atoms with Crippen molar-refractivity contribution in [2.75, 3.05) is 20.3 Å². The van der Waals surface area contributed by atoms with E-state index in [4.69, 9.17) is 15.2 Å². The number of rotatable bonds is 8. The minimum absolute atomic E-state index is 0.0652. The summed E-state index contributed by atoms with van der Waals surface area (Å²) in [5, 5.41) is 0. The molecule has 2 N–H and O–H groups in total. The van der Waals surface area contributed by atoms with Gasteiger partial charge in [0.2, 0.25) is 0 Å². The zero-order valence-corrected chi connectivity index (χ0v) is 11.7.